The maximum absolute atomic E-state index is 2.65. The van der Waals surface area contributed by atoms with Crippen LogP contribution in [-0.4, -0.2) is 0 Å². The van der Waals surface area contributed by atoms with Crippen molar-refractivity contribution in [2.24, 2.45) is 11.3 Å². The van der Waals surface area contributed by atoms with Crippen molar-refractivity contribution in [1.82, 2.24) is 0 Å². The van der Waals surface area contributed by atoms with E-state index in [1.807, 2.05) is 0 Å². The van der Waals surface area contributed by atoms with Crippen LogP contribution in [0.4, 0.5) is 0 Å². The van der Waals surface area contributed by atoms with Gasteiger partial charge in [0.25, 0.3) is 0 Å². The van der Waals surface area contributed by atoms with Gasteiger partial charge in [-0.2, -0.15) is 0 Å². The molecule has 0 amide bonds. The SMILES string of the molecule is CCC(C)[C]1([Hf]([CH3])[CH3])C=Cc2cc3c(cc21)CC(CC)(CC)C3. The fraction of sp³-hybridized carbons (Fsp3) is 0.636. The molecule has 2 aliphatic rings. The maximum atomic E-state index is 2.65. The van der Waals surface area contributed by atoms with E-state index in [9.17, 15) is 0 Å². The van der Waals surface area contributed by atoms with Crippen LogP contribution < -0.4 is 0 Å². The molecule has 0 radical (unpaired) electrons. The number of allylic oxidation sites excluding steroid dienone is 1. The molecule has 1 aromatic carbocycles. The van der Waals surface area contributed by atoms with Crippen molar-refractivity contribution >= 4 is 6.08 Å². The molecule has 0 saturated heterocycles. The molecule has 0 N–H and O–H groups in total. The third-order valence-corrected chi connectivity index (χ3v) is 16.5. The Hall–Kier alpha value is -0.170. The van der Waals surface area contributed by atoms with Gasteiger partial charge in [-0.1, -0.05) is 0 Å². The second kappa shape index (κ2) is 6.28. The van der Waals surface area contributed by atoms with Crippen LogP contribution in [0.25, 0.3) is 6.08 Å². The van der Waals surface area contributed by atoms with Crippen LogP contribution >= 0.6 is 0 Å². The second-order valence-electron chi connectivity index (χ2n) is 8.28. The number of hydrogen-bond acceptors (Lipinski definition) is 0. The first-order valence-corrected chi connectivity index (χ1v) is 18.6. The van der Waals surface area contributed by atoms with Gasteiger partial charge in [0.2, 0.25) is 0 Å². The summed E-state index contributed by atoms with van der Waals surface area (Å²) in [4.78, 5) is 0. The van der Waals surface area contributed by atoms with Gasteiger partial charge >= 0.3 is 152 Å². The fourth-order valence-corrected chi connectivity index (χ4v) is 13.6. The Morgan fingerprint density at radius 1 is 1.04 bits per heavy atom. The third kappa shape index (κ3) is 2.57. The van der Waals surface area contributed by atoms with E-state index >= 15 is 0 Å². The first-order chi connectivity index (χ1) is 10.9. The average Bonchev–Trinajstić information content (AvgIpc) is 3.10. The summed E-state index contributed by atoms with van der Waals surface area (Å²) in [6.07, 6.45) is 11.6. The van der Waals surface area contributed by atoms with Crippen molar-refractivity contribution in [3.8, 4) is 0 Å². The number of fused-ring (bicyclic) bond motifs is 2. The summed E-state index contributed by atoms with van der Waals surface area (Å²) in [7, 11) is 0. The van der Waals surface area contributed by atoms with Crippen molar-refractivity contribution in [1.29, 1.82) is 0 Å². The molecule has 0 saturated carbocycles. The minimum atomic E-state index is -1.62. The zero-order valence-electron chi connectivity index (χ0n) is 15.9. The van der Waals surface area contributed by atoms with Crippen molar-refractivity contribution in [2.45, 2.75) is 72.3 Å². The van der Waals surface area contributed by atoms with Crippen molar-refractivity contribution < 1.29 is 21.4 Å². The summed E-state index contributed by atoms with van der Waals surface area (Å²) in [6.45, 7) is 9.64. The van der Waals surface area contributed by atoms with Gasteiger partial charge in [0.1, 0.15) is 0 Å². The molecule has 0 fully saturated rings. The van der Waals surface area contributed by atoms with Gasteiger partial charge in [-0.05, 0) is 0 Å². The Balaban J connectivity index is 2.08. The van der Waals surface area contributed by atoms with Crippen LogP contribution in [-0.2, 0) is 37.5 Å². The van der Waals surface area contributed by atoms with E-state index in [1.54, 1.807) is 22.3 Å². The van der Waals surface area contributed by atoms with Crippen molar-refractivity contribution in [3.63, 3.8) is 0 Å². The predicted molar refractivity (Wildman–Crippen MR) is 98.8 cm³/mol. The third-order valence-electron chi connectivity index (χ3n) is 7.19. The number of benzene rings is 1. The van der Waals surface area contributed by atoms with Gasteiger partial charge in [-0.25, -0.2) is 0 Å². The molecule has 125 valence electrons. The molecule has 23 heavy (non-hydrogen) atoms. The number of hydrogen-bond donors (Lipinski definition) is 0. The Morgan fingerprint density at radius 2 is 1.65 bits per heavy atom. The fourth-order valence-electron chi connectivity index (χ4n) is 5.15. The van der Waals surface area contributed by atoms with Gasteiger partial charge in [-0.3, -0.25) is 0 Å². The van der Waals surface area contributed by atoms with Gasteiger partial charge in [-0.15, -0.1) is 0 Å². The molecule has 2 atom stereocenters. The Labute approximate surface area is 151 Å². The molecule has 2 aliphatic carbocycles. The molecule has 0 aromatic heterocycles. The molecule has 1 aromatic rings. The van der Waals surface area contributed by atoms with Crippen molar-refractivity contribution in [2.75, 3.05) is 0 Å². The molecule has 0 heterocycles. The van der Waals surface area contributed by atoms with Gasteiger partial charge < -0.3 is 0 Å². The van der Waals surface area contributed by atoms with Crippen LogP contribution in [0.1, 0.15) is 69.2 Å². The van der Waals surface area contributed by atoms with E-state index in [0.717, 1.165) is 5.92 Å². The monoisotopic (exact) mass is 477 g/mol. The van der Waals surface area contributed by atoms with Crippen LogP contribution in [0.5, 0.6) is 0 Å². The summed E-state index contributed by atoms with van der Waals surface area (Å²) >= 11 is -1.62. The average molecular weight is 476 g/mol. The van der Waals surface area contributed by atoms with E-state index in [4.69, 9.17) is 0 Å². The first-order valence-electron chi connectivity index (χ1n) is 9.58. The van der Waals surface area contributed by atoms with E-state index in [0.29, 0.717) is 8.59 Å². The molecule has 3 rings (SSSR count). The van der Waals surface area contributed by atoms with Gasteiger partial charge in [0, 0.05) is 0 Å². The molecule has 0 aliphatic heterocycles. The Bertz CT molecular complexity index is 621. The van der Waals surface area contributed by atoms with Crippen LogP contribution in [0.3, 0.4) is 0 Å². The van der Waals surface area contributed by atoms with Crippen LogP contribution in [0.2, 0.25) is 9.36 Å². The molecule has 0 spiro atoms. The van der Waals surface area contributed by atoms with Crippen molar-refractivity contribution in [3.05, 3.63) is 40.5 Å². The summed E-state index contributed by atoms with van der Waals surface area (Å²) in [5, 5.41) is 0. The van der Waals surface area contributed by atoms with E-state index in [2.05, 4.69) is 61.3 Å². The predicted octanol–water partition coefficient (Wildman–Crippen LogP) is 6.57. The summed E-state index contributed by atoms with van der Waals surface area (Å²) in [5.41, 5.74) is 7.13. The van der Waals surface area contributed by atoms with E-state index < -0.39 is 21.4 Å². The molecule has 0 nitrogen and oxygen atoms in total. The Morgan fingerprint density at radius 3 is 2.17 bits per heavy atom. The summed E-state index contributed by atoms with van der Waals surface area (Å²) in [5.74, 6) is 0.791. The number of rotatable bonds is 5. The Kier molecular flexibility index (Phi) is 4.82. The van der Waals surface area contributed by atoms with Gasteiger partial charge in [0.05, 0.1) is 0 Å². The normalized spacial score (nSPS) is 25.3. The van der Waals surface area contributed by atoms with E-state index in [1.165, 1.54) is 32.1 Å². The molecule has 0 bridgehead atoms. The minimum absolute atomic E-state index is 0.452. The first kappa shape index (κ1) is 17.6. The van der Waals surface area contributed by atoms with Crippen LogP contribution in [0, 0.1) is 11.3 Å². The molecular weight excluding hydrogens is 443 g/mol. The van der Waals surface area contributed by atoms with E-state index in [-0.39, 0.29) is 0 Å². The topological polar surface area (TPSA) is 0 Å². The summed E-state index contributed by atoms with van der Waals surface area (Å²) in [6, 6.07) is 5.22. The summed E-state index contributed by atoms with van der Waals surface area (Å²) < 4.78 is 5.69. The van der Waals surface area contributed by atoms with Crippen LogP contribution in [0.15, 0.2) is 18.2 Å². The quantitative estimate of drug-likeness (QED) is 0.422. The van der Waals surface area contributed by atoms with Gasteiger partial charge in [0.15, 0.2) is 0 Å². The molecule has 2 unspecified atom stereocenters. The molecular formula is C22H33Hf. The molecule has 1 heteroatoms. The standard InChI is InChI=1S/C20H27.2CH3.Hf/c1-5-14(4)18-9-8-15-10-16-12-20(6-2,7-3)13-17(16)11-19(15)18;;;/h8-11,14H,5-7,12-13H2,1-4H3;2*1H3;. The second-order valence-corrected chi connectivity index (χ2v) is 18.4. The zero-order valence-corrected chi connectivity index (χ0v) is 19.5. The zero-order chi connectivity index (χ0) is 16.8.